The molecular weight excluding hydrogens is 186 g/mol. The highest BCUT2D eigenvalue weighted by Crippen LogP contribution is 2.13. The molecule has 2 rings (SSSR count). The molecule has 0 aromatic heterocycles. The molecule has 1 unspecified atom stereocenters. The minimum atomic E-state index is 0.235. The van der Waals surface area contributed by atoms with E-state index < -0.39 is 0 Å². The van der Waals surface area contributed by atoms with Gasteiger partial charge in [-0.05, 0) is 18.1 Å². The maximum absolute atomic E-state index is 5.68. The van der Waals surface area contributed by atoms with Crippen LogP contribution in [-0.2, 0) is 4.74 Å². The number of nitrogens with one attached hydrogen (secondary N) is 1. The normalized spacial score (nSPS) is 22.7. The molecule has 1 fully saturated rings. The first-order chi connectivity index (χ1) is 7.36. The molecule has 2 nitrogen and oxygen atoms in total. The van der Waals surface area contributed by atoms with Crippen LogP contribution in [0.15, 0.2) is 35.9 Å². The van der Waals surface area contributed by atoms with Gasteiger partial charge in [0.2, 0.25) is 0 Å². The third-order valence-corrected chi connectivity index (χ3v) is 2.63. The molecule has 2 heteroatoms. The fourth-order valence-electron chi connectivity index (χ4n) is 1.76. The van der Waals surface area contributed by atoms with Crippen molar-refractivity contribution < 1.29 is 4.74 Å². The minimum Gasteiger partial charge on any atom is -0.371 e. The molecule has 1 aromatic carbocycles. The van der Waals surface area contributed by atoms with Crippen LogP contribution in [0.25, 0.3) is 6.08 Å². The molecule has 0 aliphatic carbocycles. The summed E-state index contributed by atoms with van der Waals surface area (Å²) in [5.74, 6) is 0. The predicted octanol–water partition coefficient (Wildman–Crippen LogP) is 2.08. The van der Waals surface area contributed by atoms with Gasteiger partial charge < -0.3 is 10.1 Å². The fourth-order valence-corrected chi connectivity index (χ4v) is 1.76. The summed E-state index contributed by atoms with van der Waals surface area (Å²) in [7, 11) is 0. The molecule has 1 atom stereocenters. The second-order valence-corrected chi connectivity index (χ2v) is 3.86. The molecule has 0 spiro atoms. The quantitative estimate of drug-likeness (QED) is 0.794. The molecule has 0 saturated carbocycles. The Morgan fingerprint density at radius 1 is 1.40 bits per heavy atom. The van der Waals surface area contributed by atoms with Crippen LogP contribution in [0.2, 0.25) is 0 Å². The summed E-state index contributed by atoms with van der Waals surface area (Å²) in [6.07, 6.45) is 2.43. The molecule has 1 aliphatic rings. The molecule has 1 N–H and O–H groups in total. The summed E-state index contributed by atoms with van der Waals surface area (Å²) < 4.78 is 5.68. The van der Waals surface area contributed by atoms with Gasteiger partial charge in [0, 0.05) is 13.1 Å². The number of morpholine rings is 1. The summed E-state index contributed by atoms with van der Waals surface area (Å²) in [5.41, 5.74) is 2.53. The largest absolute Gasteiger partial charge is 0.371 e. The van der Waals surface area contributed by atoms with Crippen LogP contribution in [0.5, 0.6) is 0 Å². The highest BCUT2D eigenvalue weighted by molar-refractivity contribution is 5.53. The van der Waals surface area contributed by atoms with E-state index in [0.717, 1.165) is 19.7 Å². The van der Waals surface area contributed by atoms with Crippen LogP contribution in [-0.4, -0.2) is 25.8 Å². The van der Waals surface area contributed by atoms with Crippen LogP contribution in [0.1, 0.15) is 12.5 Å². The summed E-state index contributed by atoms with van der Waals surface area (Å²) >= 11 is 0. The Morgan fingerprint density at radius 2 is 2.20 bits per heavy atom. The summed E-state index contributed by atoms with van der Waals surface area (Å²) in [4.78, 5) is 0. The van der Waals surface area contributed by atoms with Crippen LogP contribution < -0.4 is 5.32 Å². The van der Waals surface area contributed by atoms with E-state index in [0.29, 0.717) is 0 Å². The van der Waals surface area contributed by atoms with Crippen molar-refractivity contribution in [3.63, 3.8) is 0 Å². The van der Waals surface area contributed by atoms with Crippen molar-refractivity contribution in [3.8, 4) is 0 Å². The Kier molecular flexibility index (Phi) is 3.54. The molecule has 0 radical (unpaired) electrons. The van der Waals surface area contributed by atoms with E-state index in [1.165, 1.54) is 11.1 Å². The second kappa shape index (κ2) is 5.10. The third-order valence-electron chi connectivity index (χ3n) is 2.63. The van der Waals surface area contributed by atoms with E-state index in [1.54, 1.807) is 0 Å². The number of hydrogen-bond donors (Lipinski definition) is 1. The van der Waals surface area contributed by atoms with Crippen molar-refractivity contribution in [1.82, 2.24) is 5.32 Å². The van der Waals surface area contributed by atoms with Gasteiger partial charge in [-0.25, -0.2) is 0 Å². The third kappa shape index (κ3) is 2.91. The number of hydrogen-bond acceptors (Lipinski definition) is 2. The van der Waals surface area contributed by atoms with Crippen molar-refractivity contribution in [3.05, 3.63) is 41.5 Å². The topological polar surface area (TPSA) is 21.3 Å². The lowest BCUT2D eigenvalue weighted by atomic mass is 10.1. The highest BCUT2D eigenvalue weighted by atomic mass is 16.5. The summed E-state index contributed by atoms with van der Waals surface area (Å²) in [5, 5.41) is 3.34. The average molecular weight is 203 g/mol. The standard InChI is InChI=1S/C13H17NO/c1-11(13-10-14-7-8-15-13)9-12-5-3-2-4-6-12/h2-6,9,13-14H,7-8,10H2,1H3/b11-9-. The molecule has 15 heavy (non-hydrogen) atoms. The smallest absolute Gasteiger partial charge is 0.0910 e. The monoisotopic (exact) mass is 203 g/mol. The van der Waals surface area contributed by atoms with Gasteiger partial charge in [-0.15, -0.1) is 0 Å². The first-order valence-corrected chi connectivity index (χ1v) is 5.42. The van der Waals surface area contributed by atoms with Gasteiger partial charge in [-0.2, -0.15) is 0 Å². The molecule has 80 valence electrons. The van der Waals surface area contributed by atoms with Crippen molar-refractivity contribution in [1.29, 1.82) is 0 Å². The lowest BCUT2D eigenvalue weighted by Crippen LogP contribution is -2.39. The van der Waals surface area contributed by atoms with E-state index in [1.807, 2.05) is 6.07 Å². The van der Waals surface area contributed by atoms with Crippen molar-refractivity contribution in [2.45, 2.75) is 13.0 Å². The minimum absolute atomic E-state index is 0.235. The van der Waals surface area contributed by atoms with E-state index >= 15 is 0 Å². The van der Waals surface area contributed by atoms with Gasteiger partial charge in [-0.3, -0.25) is 0 Å². The van der Waals surface area contributed by atoms with Gasteiger partial charge in [-0.1, -0.05) is 36.4 Å². The molecule has 1 saturated heterocycles. The molecule has 1 aliphatic heterocycles. The highest BCUT2D eigenvalue weighted by Gasteiger charge is 2.14. The molecule has 1 heterocycles. The maximum atomic E-state index is 5.68. The lowest BCUT2D eigenvalue weighted by Gasteiger charge is -2.24. The Labute approximate surface area is 91.0 Å². The number of ether oxygens (including phenoxy) is 1. The Bertz CT molecular complexity index is 326. The fraction of sp³-hybridized carbons (Fsp3) is 0.385. The number of rotatable bonds is 2. The Morgan fingerprint density at radius 3 is 2.87 bits per heavy atom. The molecule has 0 bridgehead atoms. The van der Waals surface area contributed by atoms with Crippen molar-refractivity contribution in [2.75, 3.05) is 19.7 Å². The van der Waals surface area contributed by atoms with Crippen LogP contribution in [0.4, 0.5) is 0 Å². The Balaban J connectivity index is 2.06. The summed E-state index contributed by atoms with van der Waals surface area (Å²) in [6.45, 7) is 4.83. The zero-order chi connectivity index (χ0) is 10.5. The molecular formula is C13H17NO. The van der Waals surface area contributed by atoms with E-state index in [-0.39, 0.29) is 6.10 Å². The maximum Gasteiger partial charge on any atom is 0.0910 e. The Hall–Kier alpha value is -1.12. The molecule has 0 amide bonds. The number of benzene rings is 1. The van der Waals surface area contributed by atoms with Gasteiger partial charge >= 0.3 is 0 Å². The van der Waals surface area contributed by atoms with Crippen molar-refractivity contribution in [2.24, 2.45) is 0 Å². The zero-order valence-corrected chi connectivity index (χ0v) is 9.07. The lowest BCUT2D eigenvalue weighted by molar-refractivity contribution is 0.0525. The predicted molar refractivity (Wildman–Crippen MR) is 62.7 cm³/mol. The van der Waals surface area contributed by atoms with Crippen LogP contribution in [0.3, 0.4) is 0 Å². The van der Waals surface area contributed by atoms with Gasteiger partial charge in [0.15, 0.2) is 0 Å². The first-order valence-electron chi connectivity index (χ1n) is 5.42. The van der Waals surface area contributed by atoms with Crippen molar-refractivity contribution >= 4 is 6.08 Å². The summed E-state index contributed by atoms with van der Waals surface area (Å²) in [6, 6.07) is 10.4. The van der Waals surface area contributed by atoms with E-state index in [2.05, 4.69) is 42.6 Å². The second-order valence-electron chi connectivity index (χ2n) is 3.86. The van der Waals surface area contributed by atoms with Gasteiger partial charge in [0.05, 0.1) is 12.7 Å². The van der Waals surface area contributed by atoms with Crippen LogP contribution >= 0.6 is 0 Å². The van der Waals surface area contributed by atoms with Crippen LogP contribution in [0, 0.1) is 0 Å². The average Bonchev–Trinajstić information content (AvgIpc) is 2.31. The van der Waals surface area contributed by atoms with E-state index in [9.17, 15) is 0 Å². The SMILES string of the molecule is C/C(=C/c1ccccc1)C1CNCCO1. The molecule has 1 aromatic rings. The zero-order valence-electron chi connectivity index (χ0n) is 9.07. The first kappa shape index (κ1) is 10.4. The van der Waals surface area contributed by atoms with Gasteiger partial charge in [0.25, 0.3) is 0 Å². The van der Waals surface area contributed by atoms with E-state index in [4.69, 9.17) is 4.74 Å². The van der Waals surface area contributed by atoms with Gasteiger partial charge in [0.1, 0.15) is 0 Å².